The normalized spacial score (nSPS) is 14.5. The quantitative estimate of drug-likeness (QED) is 0.229. The average Bonchev–Trinajstić information content (AvgIpc) is 3.05. The van der Waals surface area contributed by atoms with E-state index in [-0.39, 0.29) is 18.1 Å². The Balaban J connectivity index is 2.46. The van der Waals surface area contributed by atoms with Gasteiger partial charge in [0.15, 0.2) is 5.78 Å². The number of rotatable bonds is 12. The molecule has 1 aliphatic carbocycles. The standard InChI is InChI=1S/C33H37O9P/c1-39-27-13-24(18-36)31(25(14-27)19-37)43(20-21-8-6-5-7-9-21,32-23(17-35)12-26(38)15-30(32)42-4)33-28(40-2)10-22(16-34)11-29(33)41-3/h5-15,34-37H,16-20H2,1-4H3. The molecule has 3 aromatic rings. The average molecular weight is 609 g/mol. The van der Waals surface area contributed by atoms with Gasteiger partial charge in [-0.1, -0.05) is 30.3 Å². The lowest BCUT2D eigenvalue weighted by Crippen LogP contribution is -2.34. The summed E-state index contributed by atoms with van der Waals surface area (Å²) >= 11 is 0. The molecule has 10 heteroatoms. The molecule has 1 aliphatic rings. The molecule has 43 heavy (non-hydrogen) atoms. The van der Waals surface area contributed by atoms with Gasteiger partial charge in [0.05, 0.1) is 60.2 Å². The van der Waals surface area contributed by atoms with Crippen molar-refractivity contribution in [2.45, 2.75) is 26.0 Å². The van der Waals surface area contributed by atoms with Crippen LogP contribution in [0.4, 0.5) is 0 Å². The van der Waals surface area contributed by atoms with Crippen LogP contribution >= 0.6 is 6.89 Å². The highest BCUT2D eigenvalue weighted by Crippen LogP contribution is 2.59. The summed E-state index contributed by atoms with van der Waals surface area (Å²) < 4.78 is 23.4. The maximum absolute atomic E-state index is 12.8. The molecular weight excluding hydrogens is 571 g/mol. The Morgan fingerprint density at radius 2 is 1.26 bits per heavy atom. The number of ketones is 1. The van der Waals surface area contributed by atoms with Crippen LogP contribution in [-0.4, -0.2) is 66.5 Å². The molecule has 4 rings (SSSR count). The molecular formula is C33H37O9P. The molecule has 3 aromatic carbocycles. The van der Waals surface area contributed by atoms with Crippen molar-refractivity contribution in [2.75, 3.05) is 35.0 Å². The van der Waals surface area contributed by atoms with Gasteiger partial charge in [0, 0.05) is 17.5 Å². The number of hydrogen-bond acceptors (Lipinski definition) is 9. The van der Waals surface area contributed by atoms with Crippen LogP contribution in [0, 0.1) is 0 Å². The van der Waals surface area contributed by atoms with Crippen LogP contribution in [0.1, 0.15) is 22.3 Å². The topological polar surface area (TPSA) is 135 Å². The fraction of sp³-hybridized carbons (Fsp3) is 0.273. The lowest BCUT2D eigenvalue weighted by Gasteiger charge is -2.38. The predicted molar refractivity (Wildman–Crippen MR) is 167 cm³/mol. The van der Waals surface area contributed by atoms with Gasteiger partial charge in [-0.2, -0.15) is 0 Å². The number of carbonyl (C=O) groups is 1. The van der Waals surface area contributed by atoms with E-state index in [2.05, 4.69) is 0 Å². The van der Waals surface area contributed by atoms with Gasteiger partial charge in [-0.05, 0) is 70.4 Å². The van der Waals surface area contributed by atoms with E-state index in [0.29, 0.717) is 61.6 Å². The second kappa shape index (κ2) is 14.1. The maximum atomic E-state index is 12.8. The van der Waals surface area contributed by atoms with Crippen molar-refractivity contribution in [2.24, 2.45) is 0 Å². The Morgan fingerprint density at radius 3 is 1.72 bits per heavy atom. The van der Waals surface area contributed by atoms with Crippen LogP contribution in [0.25, 0.3) is 0 Å². The molecule has 1 unspecified atom stereocenters. The lowest BCUT2D eigenvalue weighted by atomic mass is 10.0. The molecule has 0 heterocycles. The third kappa shape index (κ3) is 6.00. The first-order chi connectivity index (χ1) is 20.8. The summed E-state index contributed by atoms with van der Waals surface area (Å²) in [4.78, 5) is 12.8. The zero-order valence-corrected chi connectivity index (χ0v) is 25.6. The number of ether oxygens (including phenoxy) is 4. The van der Waals surface area contributed by atoms with Crippen molar-refractivity contribution in [1.82, 2.24) is 0 Å². The molecule has 0 radical (unpaired) electrons. The van der Waals surface area contributed by atoms with E-state index >= 15 is 0 Å². The van der Waals surface area contributed by atoms with Crippen LogP contribution in [-0.2, 0) is 35.5 Å². The molecule has 0 spiro atoms. The Morgan fingerprint density at radius 1 is 0.651 bits per heavy atom. The van der Waals surface area contributed by atoms with Gasteiger partial charge < -0.3 is 39.4 Å². The van der Waals surface area contributed by atoms with E-state index in [0.717, 1.165) is 5.56 Å². The summed E-state index contributed by atoms with van der Waals surface area (Å²) in [6.07, 6.45) is 3.04. The molecule has 0 aromatic heterocycles. The third-order valence-electron chi connectivity index (χ3n) is 7.47. The van der Waals surface area contributed by atoms with Crippen molar-refractivity contribution in [3.8, 4) is 17.2 Å². The molecule has 4 N–H and O–H groups in total. The highest BCUT2D eigenvalue weighted by molar-refractivity contribution is 7.90. The molecule has 0 saturated heterocycles. The first kappa shape index (κ1) is 32.1. The molecule has 0 fully saturated rings. The lowest BCUT2D eigenvalue weighted by molar-refractivity contribution is -0.110. The fourth-order valence-electron chi connectivity index (χ4n) is 5.77. The van der Waals surface area contributed by atoms with Gasteiger partial charge in [0.2, 0.25) is 0 Å². The second-order valence-corrected chi connectivity index (χ2v) is 13.1. The number of aliphatic hydroxyl groups excluding tert-OH is 4. The number of allylic oxidation sites excluding steroid dienone is 3. The predicted octanol–water partition coefficient (Wildman–Crippen LogP) is 2.56. The smallest absolute Gasteiger partial charge is 0.182 e. The summed E-state index contributed by atoms with van der Waals surface area (Å²) in [6, 6.07) is 16.5. The van der Waals surface area contributed by atoms with Gasteiger partial charge in [0.25, 0.3) is 0 Å². The third-order valence-corrected chi connectivity index (χ3v) is 12.1. The minimum absolute atomic E-state index is 0.236. The maximum Gasteiger partial charge on any atom is 0.182 e. The summed E-state index contributed by atoms with van der Waals surface area (Å²) in [7, 11) is 5.97. The summed E-state index contributed by atoms with van der Waals surface area (Å²) in [5.74, 6) is 1.09. The molecule has 0 amide bonds. The summed E-state index contributed by atoms with van der Waals surface area (Å²) in [5.41, 5.74) is 2.71. The zero-order chi connectivity index (χ0) is 31.1. The Hall–Kier alpha value is -3.85. The summed E-state index contributed by atoms with van der Waals surface area (Å²) in [6.45, 7) is -4.90. The van der Waals surface area contributed by atoms with Crippen molar-refractivity contribution >= 4 is 28.6 Å². The van der Waals surface area contributed by atoms with Crippen LogP contribution in [0.2, 0.25) is 0 Å². The van der Waals surface area contributed by atoms with Gasteiger partial charge in [-0.25, -0.2) is 0 Å². The number of hydrogen-bond donors (Lipinski definition) is 4. The number of benzene rings is 3. The van der Waals surface area contributed by atoms with E-state index < -0.39 is 26.7 Å². The zero-order valence-electron chi connectivity index (χ0n) is 24.7. The molecule has 228 valence electrons. The van der Waals surface area contributed by atoms with Gasteiger partial charge in [0.1, 0.15) is 23.0 Å². The second-order valence-electron chi connectivity index (χ2n) is 9.86. The minimum atomic E-state index is -3.31. The van der Waals surface area contributed by atoms with E-state index in [1.807, 2.05) is 30.3 Å². The van der Waals surface area contributed by atoms with Crippen LogP contribution in [0.5, 0.6) is 17.2 Å². The van der Waals surface area contributed by atoms with Gasteiger partial charge in [-0.15, -0.1) is 0 Å². The van der Waals surface area contributed by atoms with E-state index in [1.54, 1.807) is 24.3 Å². The number of methoxy groups -OCH3 is 4. The fourth-order valence-corrected chi connectivity index (χ4v) is 11.1. The van der Waals surface area contributed by atoms with Gasteiger partial charge in [-0.3, -0.25) is 4.79 Å². The minimum Gasteiger partial charge on any atom is -0.497 e. The van der Waals surface area contributed by atoms with E-state index in [9.17, 15) is 25.2 Å². The number of aliphatic hydroxyl groups is 4. The van der Waals surface area contributed by atoms with E-state index in [1.165, 1.54) is 40.6 Å². The highest BCUT2D eigenvalue weighted by atomic mass is 31.2. The monoisotopic (exact) mass is 608 g/mol. The Bertz CT molecular complexity index is 1460. The molecule has 9 nitrogen and oxygen atoms in total. The van der Waals surface area contributed by atoms with Crippen LogP contribution in [0.15, 0.2) is 78.1 Å². The van der Waals surface area contributed by atoms with Crippen molar-refractivity contribution in [1.29, 1.82) is 0 Å². The molecule has 0 bridgehead atoms. The largest absolute Gasteiger partial charge is 0.497 e. The van der Waals surface area contributed by atoms with Crippen LogP contribution in [0.3, 0.4) is 0 Å². The van der Waals surface area contributed by atoms with Crippen molar-refractivity contribution in [3.63, 3.8) is 0 Å². The highest BCUT2D eigenvalue weighted by Gasteiger charge is 2.41. The number of carbonyl (C=O) groups excluding carboxylic acids is 1. The molecule has 0 saturated carbocycles. The first-order valence-electron chi connectivity index (χ1n) is 13.5. The molecule has 0 aliphatic heterocycles. The van der Waals surface area contributed by atoms with Crippen LogP contribution < -0.4 is 24.8 Å². The SMILES string of the molecule is COC1=CC(=O)C=C(CO)C1=P(Cc1ccccc1)(c1c(CO)cc(OC)cc1CO)c1c(OC)cc(CO)cc1OC. The van der Waals surface area contributed by atoms with Gasteiger partial charge >= 0.3 is 0 Å². The molecule has 1 atom stereocenters. The van der Waals surface area contributed by atoms with Crippen molar-refractivity contribution < 1.29 is 44.2 Å². The Labute approximate surface area is 251 Å². The Kier molecular flexibility index (Phi) is 10.5. The first-order valence-corrected chi connectivity index (χ1v) is 15.5. The van der Waals surface area contributed by atoms with Crippen molar-refractivity contribution in [3.05, 3.63) is 100 Å². The van der Waals surface area contributed by atoms with E-state index in [4.69, 9.17) is 18.9 Å². The summed E-state index contributed by atoms with van der Waals surface area (Å²) in [5, 5.41) is 44.3.